The predicted molar refractivity (Wildman–Crippen MR) is 316 cm³/mol. The summed E-state index contributed by atoms with van der Waals surface area (Å²) in [6.45, 7) is 15.1. The first-order valence-corrected chi connectivity index (χ1v) is 30.9. The Balaban J connectivity index is 0.662. The number of thiazole rings is 1. The van der Waals surface area contributed by atoms with E-state index in [0.29, 0.717) is 39.8 Å². The number of alkyl halides is 1. The Morgan fingerprint density at radius 1 is 0.881 bits per heavy atom. The van der Waals surface area contributed by atoms with Crippen molar-refractivity contribution in [3.8, 4) is 21.6 Å². The monoisotopic (exact) mass is 1190 g/mol. The van der Waals surface area contributed by atoms with Crippen molar-refractivity contribution >= 4 is 68.1 Å². The molecule has 84 heavy (non-hydrogen) atoms. The number of nitrogens with zero attached hydrogens (tertiary/aromatic N) is 8. The molecule has 3 aromatic carbocycles. The van der Waals surface area contributed by atoms with Crippen LogP contribution in [0, 0.1) is 29.9 Å². The van der Waals surface area contributed by atoms with E-state index < -0.39 is 74.9 Å². The minimum atomic E-state index is -3.50. The van der Waals surface area contributed by atoms with Crippen molar-refractivity contribution in [2.45, 2.75) is 109 Å². The summed E-state index contributed by atoms with van der Waals surface area (Å²) >= 11 is 1.58. The number of β-amino-alcohol motifs (C(OH)–C–C–N with tert-alkyl or cyclic N) is 1. The molecule has 5 fully saturated rings. The Labute approximate surface area is 492 Å². The lowest BCUT2D eigenvalue weighted by Crippen LogP contribution is -2.62. The number of hydrogen-bond donors (Lipinski definition) is 5. The van der Waals surface area contributed by atoms with Crippen LogP contribution in [-0.2, 0) is 25.3 Å². The maximum Gasteiger partial charge on any atom is 0.246 e. The molecular weight excluding hydrogens is 1120 g/mol. The third kappa shape index (κ3) is 12.0. The molecule has 0 radical (unpaired) electrons. The molecule has 446 valence electrons. The van der Waals surface area contributed by atoms with Crippen LogP contribution in [-0.4, -0.2) is 167 Å². The number of nitrogens with one attached hydrogen (secondary N) is 3. The van der Waals surface area contributed by atoms with Gasteiger partial charge >= 0.3 is 0 Å². The van der Waals surface area contributed by atoms with Crippen molar-refractivity contribution in [1.82, 2.24) is 45.3 Å². The van der Waals surface area contributed by atoms with Crippen molar-refractivity contribution < 1.29 is 45.9 Å². The number of hydrogen-bond acceptors (Lipinski definition) is 14. The maximum atomic E-state index is 16.1. The molecule has 18 nitrogen and oxygen atoms in total. The van der Waals surface area contributed by atoms with Crippen LogP contribution in [0.5, 0.6) is 0 Å². The number of benzene rings is 3. The first-order chi connectivity index (χ1) is 40.2. The molecule has 1 aliphatic carbocycles. The minimum Gasteiger partial charge on any atom is -0.391 e. The number of carbonyl (C=O) groups excluding carboxylic acids is 4. The molecule has 0 unspecified atom stereocenters. The highest BCUT2D eigenvalue weighted by Gasteiger charge is 2.56. The molecule has 1 saturated carbocycles. The average Bonchev–Trinajstić information content (AvgIpc) is 4.02. The number of fused-ring (bicyclic) bond motifs is 1. The fourth-order valence-corrected chi connectivity index (χ4v) is 14.2. The fraction of sp³-hybridized carbons (Fsp3) is 0.475. The van der Waals surface area contributed by atoms with E-state index >= 15 is 8.78 Å². The lowest BCUT2D eigenvalue weighted by Gasteiger charge is -2.42. The molecule has 7 heterocycles. The maximum absolute atomic E-state index is 16.1. The molecule has 4 aliphatic heterocycles. The lowest BCUT2D eigenvalue weighted by molar-refractivity contribution is -0.145. The van der Waals surface area contributed by atoms with E-state index in [1.807, 2.05) is 88.7 Å². The number of aryl methyl sites for hydroxylation is 1. The Morgan fingerprint density at radius 3 is 2.21 bits per heavy atom. The number of aliphatic hydroxyl groups excluding tert-OH is 1. The first kappa shape index (κ1) is 59.0. The van der Waals surface area contributed by atoms with Gasteiger partial charge in [0.25, 0.3) is 0 Å². The molecule has 4 saturated heterocycles. The number of piperidine rings is 1. The molecule has 11 rings (SSSR count). The van der Waals surface area contributed by atoms with Gasteiger partial charge in [0.15, 0.2) is 5.82 Å². The second kappa shape index (κ2) is 24.0. The van der Waals surface area contributed by atoms with Crippen molar-refractivity contribution in [3.63, 3.8) is 0 Å². The molecule has 6 aromatic rings. The smallest absolute Gasteiger partial charge is 0.246 e. The zero-order chi connectivity index (χ0) is 59.4. The Kier molecular flexibility index (Phi) is 16.8. The number of thiol groups is 1. The predicted octanol–water partition coefficient (Wildman–Crippen LogP) is 7.20. The van der Waals surface area contributed by atoms with Gasteiger partial charge in [-0.1, -0.05) is 57.2 Å². The van der Waals surface area contributed by atoms with Gasteiger partial charge in [-0.2, -0.15) is 4.41 Å². The van der Waals surface area contributed by atoms with E-state index in [1.54, 1.807) is 23.6 Å². The third-order valence-electron chi connectivity index (χ3n) is 17.7. The van der Waals surface area contributed by atoms with Crippen LogP contribution < -0.4 is 19.9 Å². The molecule has 5 atom stereocenters. The number of ketones is 1. The van der Waals surface area contributed by atoms with Crippen LogP contribution >= 0.6 is 11.3 Å². The summed E-state index contributed by atoms with van der Waals surface area (Å²) < 4.78 is 70.6. The SMILES string of the molecule is Cc1ncsc1-c1ccc([C@H](C)NC(=O)[C@@H]2C[C@@H](O)CN2C(=O)[C@@H](NC(=O)C2(N3CCN(CC4CCN(c5ccc(-c6cnc7[nH]cc(C(=O)c8c(F)ccc(N(N9CC[C@@H](F)C9)[SH](=O)=O)c8F)c7c6)cc5)CC4)CC3)CC2)C(C)(C)C)cc1. The fourth-order valence-electron chi connectivity index (χ4n) is 12.7. The van der Waals surface area contributed by atoms with Crippen LogP contribution in [0.2, 0.25) is 0 Å². The second-order valence-electron chi connectivity index (χ2n) is 24.3. The van der Waals surface area contributed by atoms with Crippen LogP contribution in [0.1, 0.15) is 99.4 Å². The molecular formula is C61H72F3N11O7S2. The standard InChI is InChI=1S/C61H72F3N11O7S2/c1-36(39-6-8-41(9-7-39)54-37(2)67-35-83-54)68-57(78)50-29-45(76)34-74(50)58(79)55(60(3,4)5)69-59(80)61(19-20-61)72-26-24-70(25-27-72)32-38-16-21-71(22-17-38)44-12-10-40(11-13-44)42-28-46-47(31-66-56(46)65-30-42)53(77)51-48(63)14-15-49(52(51)64)75(84(81)82)73-23-18-43(62)33-73/h6-15,28,30-31,35-36,38,43,45,50,55,76,84H,16-27,29,32-34H2,1-5H3,(H,65,66)(H,68,78)(H,69,80)/t36-,43+,45+,50-,55+/m0/s1. The number of aromatic amines is 1. The Bertz CT molecular complexity index is 3510. The van der Waals surface area contributed by atoms with Gasteiger partial charge in [-0.15, -0.1) is 11.3 Å². The summed E-state index contributed by atoms with van der Waals surface area (Å²) in [5.41, 5.74) is 4.63. The van der Waals surface area contributed by atoms with Crippen LogP contribution in [0.4, 0.5) is 24.5 Å². The summed E-state index contributed by atoms with van der Waals surface area (Å²) in [6.07, 6.45) is 4.31. The summed E-state index contributed by atoms with van der Waals surface area (Å²) in [7, 11) is -3.50. The third-order valence-corrected chi connectivity index (χ3v) is 19.4. The van der Waals surface area contributed by atoms with Crippen molar-refractivity contribution in [2.24, 2.45) is 11.3 Å². The van der Waals surface area contributed by atoms with Gasteiger partial charge in [-0.05, 0) is 104 Å². The molecule has 4 N–H and O–H groups in total. The van der Waals surface area contributed by atoms with Crippen LogP contribution in [0.3, 0.4) is 0 Å². The van der Waals surface area contributed by atoms with Crippen LogP contribution in [0.15, 0.2) is 84.6 Å². The highest BCUT2D eigenvalue weighted by Crippen LogP contribution is 2.44. The molecule has 3 amide bonds. The zero-order valence-corrected chi connectivity index (χ0v) is 49.5. The number of halogens is 3. The normalized spacial score (nSPS) is 21.5. The average molecular weight is 1190 g/mol. The van der Waals surface area contributed by atoms with Gasteiger partial charge in [0, 0.05) is 99.9 Å². The Hall–Kier alpha value is -6.76. The number of H-pyrrole nitrogens is 1. The van der Waals surface area contributed by atoms with Gasteiger partial charge in [0.05, 0.1) is 40.3 Å². The number of piperazine rings is 1. The lowest BCUT2D eigenvalue weighted by atomic mass is 9.85. The van der Waals surface area contributed by atoms with E-state index in [0.717, 1.165) is 109 Å². The quantitative estimate of drug-likeness (QED) is 0.0453. The molecule has 0 bridgehead atoms. The van der Waals surface area contributed by atoms with E-state index in [9.17, 15) is 37.1 Å². The van der Waals surface area contributed by atoms with Crippen molar-refractivity contribution in [2.75, 3.05) is 74.8 Å². The summed E-state index contributed by atoms with van der Waals surface area (Å²) in [5.74, 6) is -3.96. The van der Waals surface area contributed by atoms with Gasteiger partial charge in [-0.3, -0.25) is 24.1 Å². The van der Waals surface area contributed by atoms with Gasteiger partial charge in [0.2, 0.25) is 34.4 Å². The Morgan fingerprint density at radius 2 is 1.58 bits per heavy atom. The highest BCUT2D eigenvalue weighted by atomic mass is 32.2. The molecule has 23 heteroatoms. The highest BCUT2D eigenvalue weighted by molar-refractivity contribution is 7.73. The van der Waals surface area contributed by atoms with E-state index in [2.05, 4.69) is 40.3 Å². The summed E-state index contributed by atoms with van der Waals surface area (Å²) in [4.78, 5) is 78.3. The number of hydrazine groups is 1. The van der Waals surface area contributed by atoms with Crippen molar-refractivity contribution in [1.29, 1.82) is 0 Å². The van der Waals surface area contributed by atoms with Crippen molar-refractivity contribution in [3.05, 3.63) is 119 Å². The zero-order valence-electron chi connectivity index (χ0n) is 47.8. The largest absolute Gasteiger partial charge is 0.391 e. The van der Waals surface area contributed by atoms with E-state index in [4.69, 9.17) is 0 Å². The number of carbonyl (C=O) groups is 4. The second-order valence-corrected chi connectivity index (χ2v) is 26.0. The van der Waals surface area contributed by atoms with E-state index in [-0.39, 0.29) is 61.8 Å². The number of amides is 3. The van der Waals surface area contributed by atoms with E-state index in [1.165, 1.54) is 11.1 Å². The van der Waals surface area contributed by atoms with Crippen LogP contribution in [0.25, 0.3) is 32.6 Å². The topological polar surface area (TPSA) is 208 Å². The number of anilines is 2. The van der Waals surface area contributed by atoms with Gasteiger partial charge in [0.1, 0.15) is 40.9 Å². The first-order valence-electron chi connectivity index (χ1n) is 28.9. The van der Waals surface area contributed by atoms with Gasteiger partial charge < -0.3 is 35.4 Å². The molecule has 3 aromatic heterocycles. The number of likely N-dealkylation sites (tertiary alicyclic amines) is 1. The summed E-state index contributed by atoms with van der Waals surface area (Å²) in [5, 5.41) is 18.5. The minimum absolute atomic E-state index is 0.00218. The number of pyridine rings is 1. The summed E-state index contributed by atoms with van der Waals surface area (Å²) in [6, 6.07) is 17.3. The molecule has 0 spiro atoms. The molecule has 5 aliphatic rings. The number of aromatic nitrogens is 3. The number of aliphatic hydroxyl groups is 1. The number of rotatable bonds is 17. The van der Waals surface area contributed by atoms with Gasteiger partial charge in [-0.25, -0.2) is 36.6 Å².